The third-order valence-electron chi connectivity index (χ3n) is 11.5. The van der Waals surface area contributed by atoms with Crippen LogP contribution < -0.4 is 20.7 Å². The van der Waals surface area contributed by atoms with E-state index in [9.17, 15) is 9.59 Å². The van der Waals surface area contributed by atoms with Gasteiger partial charge in [0.2, 0.25) is 0 Å². The van der Waals surface area contributed by atoms with Crippen LogP contribution >= 0.6 is 11.6 Å². The third kappa shape index (κ3) is 6.76. The van der Waals surface area contributed by atoms with Gasteiger partial charge in [-0.2, -0.15) is 0 Å². The first-order valence-corrected chi connectivity index (χ1v) is 18.5. The smallest absolute Gasteiger partial charge is 0.253 e. The number of ether oxygens (including phenoxy) is 2. The summed E-state index contributed by atoms with van der Waals surface area (Å²) in [5.41, 5.74) is 8.87. The van der Waals surface area contributed by atoms with Gasteiger partial charge < -0.3 is 29.6 Å². The van der Waals surface area contributed by atoms with Gasteiger partial charge in [0.25, 0.3) is 11.5 Å². The maximum absolute atomic E-state index is 14.2. The minimum Gasteiger partial charge on any atom is -0.381 e. The van der Waals surface area contributed by atoms with E-state index in [1.165, 1.54) is 11.3 Å². The van der Waals surface area contributed by atoms with E-state index in [4.69, 9.17) is 21.1 Å². The molecule has 2 saturated heterocycles. The highest BCUT2D eigenvalue weighted by atomic mass is 35.5. The first-order chi connectivity index (χ1) is 23.5. The second kappa shape index (κ2) is 14.5. The number of hydrogen-bond donors (Lipinski definition) is 2. The van der Waals surface area contributed by atoms with Crippen LogP contribution in [0.25, 0.3) is 11.1 Å². The van der Waals surface area contributed by atoms with Crippen molar-refractivity contribution in [2.45, 2.75) is 98.2 Å². The summed E-state index contributed by atoms with van der Waals surface area (Å²) in [4.78, 5) is 34.9. The molecule has 9 heteroatoms. The van der Waals surface area contributed by atoms with Crippen LogP contribution in [0, 0.1) is 26.7 Å². The summed E-state index contributed by atoms with van der Waals surface area (Å²) in [5.74, 6) is 0.198. The summed E-state index contributed by atoms with van der Waals surface area (Å²) >= 11 is 7.36. The lowest BCUT2D eigenvalue weighted by molar-refractivity contribution is 0.0548. The number of benzene rings is 2. The van der Waals surface area contributed by atoms with E-state index in [-0.39, 0.29) is 23.4 Å². The van der Waals surface area contributed by atoms with Gasteiger partial charge in [0.15, 0.2) is 0 Å². The second-order valence-electron chi connectivity index (χ2n) is 14.7. The molecule has 1 unspecified atom stereocenters. The van der Waals surface area contributed by atoms with Gasteiger partial charge in [-0.25, -0.2) is 0 Å². The van der Waals surface area contributed by atoms with Gasteiger partial charge in [0.05, 0.1) is 10.6 Å². The highest BCUT2D eigenvalue weighted by molar-refractivity contribution is 6.37. The maximum Gasteiger partial charge on any atom is 0.253 e. The normalized spacial score (nSPS) is 18.2. The molecule has 1 atom stereocenters. The molecule has 3 aromatic rings. The first-order valence-electron chi connectivity index (χ1n) is 18.1. The molecular formula is C40H53ClN4O4. The van der Waals surface area contributed by atoms with E-state index >= 15 is 0 Å². The number of carbonyl (C=O) groups excluding carboxylic acids is 1. The Bertz CT molecular complexity index is 1760. The molecule has 1 spiro atoms. The molecule has 264 valence electrons. The van der Waals surface area contributed by atoms with Gasteiger partial charge in [-0.15, -0.1) is 0 Å². The van der Waals surface area contributed by atoms with Crippen LogP contribution in [0.3, 0.4) is 0 Å². The SMILES string of the molecule is CCN(c1cc(-c2ccc3c(c2)N(C(C)C(C)C)CC32CCOCC2)c(Cl)c(C(=O)NCc2c(C)cc(C)[nH]c2=O)c1C)C1CCOCC1. The number of nitrogens with one attached hydrogen (secondary N) is 2. The van der Waals surface area contributed by atoms with E-state index in [1.54, 1.807) is 0 Å². The number of anilines is 2. The number of aromatic amines is 1. The van der Waals surface area contributed by atoms with Crippen molar-refractivity contribution in [3.8, 4) is 11.1 Å². The van der Waals surface area contributed by atoms with Crippen molar-refractivity contribution in [1.82, 2.24) is 10.3 Å². The molecular weight excluding hydrogens is 636 g/mol. The molecule has 2 fully saturated rings. The topological polar surface area (TPSA) is 86.9 Å². The first kappa shape index (κ1) is 35.5. The highest BCUT2D eigenvalue weighted by Gasteiger charge is 2.45. The molecule has 3 aliphatic rings. The van der Waals surface area contributed by atoms with E-state index < -0.39 is 0 Å². The number of hydrogen-bond acceptors (Lipinski definition) is 6. The lowest BCUT2D eigenvalue weighted by Gasteiger charge is -2.37. The Labute approximate surface area is 296 Å². The predicted molar refractivity (Wildman–Crippen MR) is 200 cm³/mol. The standard InChI is InChI=1S/C40H53ClN4O4/c1-8-44(30-11-15-48-16-12-30)34-21-31(37(41)36(27(34)6)39(47)42-22-32-25(4)19-26(5)43-38(32)46)29-9-10-33-35(20-29)45(28(7)24(2)3)23-40(33)13-17-49-18-14-40/h9-10,19-21,24,28,30H,8,11-18,22-23H2,1-7H3,(H,42,47)(H,43,46). The largest absolute Gasteiger partial charge is 0.381 e. The maximum atomic E-state index is 14.2. The van der Waals surface area contributed by atoms with Gasteiger partial charge >= 0.3 is 0 Å². The summed E-state index contributed by atoms with van der Waals surface area (Å²) < 4.78 is 11.5. The Morgan fingerprint density at radius 3 is 2.41 bits per heavy atom. The quantitative estimate of drug-likeness (QED) is 0.243. The van der Waals surface area contributed by atoms with Gasteiger partial charge in [0.1, 0.15) is 0 Å². The van der Waals surface area contributed by atoms with Crippen molar-refractivity contribution in [2.24, 2.45) is 5.92 Å². The number of rotatable bonds is 9. The zero-order chi connectivity index (χ0) is 35.0. The zero-order valence-electron chi connectivity index (χ0n) is 30.3. The van der Waals surface area contributed by atoms with E-state index in [1.807, 2.05) is 26.8 Å². The number of aromatic nitrogens is 1. The molecule has 0 aliphatic carbocycles. The van der Waals surface area contributed by atoms with Crippen molar-refractivity contribution in [1.29, 1.82) is 0 Å². The fraction of sp³-hybridized carbons (Fsp3) is 0.550. The minimum absolute atomic E-state index is 0.0799. The van der Waals surface area contributed by atoms with Gasteiger partial charge in [0, 0.05) is 91.8 Å². The van der Waals surface area contributed by atoms with Crippen LogP contribution in [0.15, 0.2) is 35.1 Å². The van der Waals surface area contributed by atoms with Gasteiger partial charge in [-0.05, 0) is 107 Å². The summed E-state index contributed by atoms with van der Waals surface area (Å²) in [6.07, 6.45) is 3.88. The number of amides is 1. The van der Waals surface area contributed by atoms with Gasteiger partial charge in [-0.3, -0.25) is 9.59 Å². The molecule has 49 heavy (non-hydrogen) atoms. The number of aryl methyl sites for hydroxylation is 2. The highest BCUT2D eigenvalue weighted by Crippen LogP contribution is 2.50. The van der Waals surface area contributed by atoms with Crippen LogP contribution in [0.4, 0.5) is 11.4 Å². The minimum atomic E-state index is -0.287. The zero-order valence-corrected chi connectivity index (χ0v) is 31.1. The number of halogens is 1. The summed E-state index contributed by atoms with van der Waals surface area (Å²) in [5, 5.41) is 3.48. The summed E-state index contributed by atoms with van der Waals surface area (Å²) in [6.45, 7) is 19.7. The molecule has 4 heterocycles. The lowest BCUT2D eigenvalue weighted by Crippen LogP contribution is -2.43. The molecule has 0 radical (unpaired) electrons. The lowest BCUT2D eigenvalue weighted by atomic mass is 9.75. The fourth-order valence-electron chi connectivity index (χ4n) is 8.29. The van der Waals surface area contributed by atoms with Gasteiger partial charge in [-0.1, -0.05) is 37.6 Å². The average molecular weight is 689 g/mol. The molecule has 3 aliphatic heterocycles. The van der Waals surface area contributed by atoms with Crippen LogP contribution in [-0.4, -0.2) is 62.5 Å². The monoisotopic (exact) mass is 688 g/mol. The Kier molecular flexibility index (Phi) is 10.5. The number of H-pyrrole nitrogens is 1. The Morgan fingerprint density at radius 2 is 1.76 bits per heavy atom. The molecule has 2 aromatic carbocycles. The Hall–Kier alpha value is -3.33. The molecule has 0 bridgehead atoms. The molecule has 1 aromatic heterocycles. The number of nitrogens with zero attached hydrogens (tertiary/aromatic N) is 2. The van der Waals surface area contributed by atoms with Crippen molar-refractivity contribution in [3.05, 3.63) is 79.2 Å². The molecule has 6 rings (SSSR count). The van der Waals surface area contributed by atoms with Crippen molar-refractivity contribution >= 4 is 28.9 Å². The molecule has 0 saturated carbocycles. The Balaban J connectivity index is 1.47. The molecule has 1 amide bonds. The average Bonchev–Trinajstić information content (AvgIpc) is 3.38. The fourth-order valence-corrected chi connectivity index (χ4v) is 8.68. The van der Waals surface area contributed by atoms with Crippen LogP contribution in [0.2, 0.25) is 5.02 Å². The van der Waals surface area contributed by atoms with Crippen LogP contribution in [0.5, 0.6) is 0 Å². The third-order valence-corrected chi connectivity index (χ3v) is 11.9. The van der Waals surface area contributed by atoms with Crippen LogP contribution in [-0.2, 0) is 21.4 Å². The van der Waals surface area contributed by atoms with Crippen LogP contribution in [0.1, 0.15) is 91.7 Å². The predicted octanol–water partition coefficient (Wildman–Crippen LogP) is 7.47. The van der Waals surface area contributed by atoms with E-state index in [2.05, 4.69) is 72.1 Å². The molecule has 2 N–H and O–H groups in total. The summed E-state index contributed by atoms with van der Waals surface area (Å²) in [6, 6.07) is 11.6. The van der Waals surface area contributed by atoms with E-state index in [0.717, 1.165) is 98.8 Å². The Morgan fingerprint density at radius 1 is 1.06 bits per heavy atom. The second-order valence-corrected chi connectivity index (χ2v) is 15.1. The number of pyridine rings is 1. The van der Waals surface area contributed by atoms with Crippen molar-refractivity contribution in [2.75, 3.05) is 49.3 Å². The molecule has 8 nitrogen and oxygen atoms in total. The van der Waals surface area contributed by atoms with Crippen molar-refractivity contribution in [3.63, 3.8) is 0 Å². The number of carbonyl (C=O) groups is 1. The summed E-state index contributed by atoms with van der Waals surface area (Å²) in [7, 11) is 0. The van der Waals surface area contributed by atoms with E-state index in [0.29, 0.717) is 34.2 Å². The number of fused-ring (bicyclic) bond motifs is 2. The van der Waals surface area contributed by atoms with Crippen molar-refractivity contribution < 1.29 is 14.3 Å².